The summed E-state index contributed by atoms with van der Waals surface area (Å²) in [5, 5.41) is 9.19. The molecule has 3 N–H and O–H groups in total. The fourth-order valence-electron chi connectivity index (χ4n) is 1.93. The third-order valence-corrected chi connectivity index (χ3v) is 2.62. The number of hydrogen-bond donors (Lipinski definition) is 2. The average molecular weight is 175 g/mol. The van der Waals surface area contributed by atoms with Crippen LogP contribution in [-0.2, 0) is 9.47 Å². The van der Waals surface area contributed by atoms with E-state index in [0.717, 1.165) is 0 Å². The van der Waals surface area contributed by atoms with Gasteiger partial charge in [-0.1, -0.05) is 0 Å². The number of aliphatic hydroxyl groups excluding tert-OH is 1. The zero-order chi connectivity index (χ0) is 9.19. The first-order valence-electron chi connectivity index (χ1n) is 4.12. The molecule has 4 heteroatoms. The first-order valence-corrected chi connectivity index (χ1v) is 4.12. The first-order chi connectivity index (χ1) is 5.68. The van der Waals surface area contributed by atoms with Crippen LogP contribution in [0.4, 0.5) is 0 Å². The van der Waals surface area contributed by atoms with Crippen LogP contribution in [0.5, 0.6) is 0 Å². The van der Waals surface area contributed by atoms with E-state index in [1.54, 1.807) is 14.2 Å². The van der Waals surface area contributed by atoms with Crippen LogP contribution in [0.25, 0.3) is 0 Å². The van der Waals surface area contributed by atoms with E-state index in [2.05, 4.69) is 0 Å². The quantitative estimate of drug-likeness (QED) is 0.576. The molecule has 0 aromatic heterocycles. The van der Waals surface area contributed by atoms with Crippen LogP contribution in [0.3, 0.4) is 0 Å². The van der Waals surface area contributed by atoms with Gasteiger partial charge in [-0.3, -0.25) is 0 Å². The molecule has 0 unspecified atom stereocenters. The minimum absolute atomic E-state index is 0.164. The van der Waals surface area contributed by atoms with Crippen molar-refractivity contribution in [1.29, 1.82) is 0 Å². The number of rotatable bonds is 4. The summed E-state index contributed by atoms with van der Waals surface area (Å²) >= 11 is 0. The zero-order valence-electron chi connectivity index (χ0n) is 7.62. The van der Waals surface area contributed by atoms with Crippen molar-refractivity contribution in [1.82, 2.24) is 0 Å². The van der Waals surface area contributed by atoms with Gasteiger partial charge in [-0.15, -0.1) is 0 Å². The molecule has 1 aliphatic rings. The lowest BCUT2D eigenvalue weighted by Crippen LogP contribution is -2.54. The predicted octanol–water partition coefficient (Wildman–Crippen LogP) is -0.295. The normalized spacial score (nSPS) is 35.2. The maximum absolute atomic E-state index is 9.19. The van der Waals surface area contributed by atoms with Crippen molar-refractivity contribution in [3.63, 3.8) is 0 Å². The second kappa shape index (κ2) is 3.70. The number of hydrogen-bond acceptors (Lipinski definition) is 4. The minimum Gasteiger partial charge on any atom is -0.393 e. The van der Waals surface area contributed by atoms with E-state index in [-0.39, 0.29) is 17.8 Å². The Morgan fingerprint density at radius 1 is 1.50 bits per heavy atom. The van der Waals surface area contributed by atoms with Gasteiger partial charge < -0.3 is 20.3 Å². The van der Waals surface area contributed by atoms with Crippen LogP contribution >= 0.6 is 0 Å². The molecule has 0 aromatic rings. The monoisotopic (exact) mass is 175 g/mol. The van der Waals surface area contributed by atoms with Crippen LogP contribution in [0.1, 0.15) is 12.8 Å². The second-order valence-corrected chi connectivity index (χ2v) is 3.43. The third kappa shape index (κ3) is 1.47. The molecule has 4 nitrogen and oxygen atoms in total. The van der Waals surface area contributed by atoms with E-state index in [1.807, 2.05) is 0 Å². The Hall–Kier alpha value is -0.160. The van der Waals surface area contributed by atoms with Gasteiger partial charge in [0.25, 0.3) is 0 Å². The molecule has 0 radical (unpaired) electrons. The van der Waals surface area contributed by atoms with Gasteiger partial charge in [0.15, 0.2) is 6.29 Å². The molecule has 0 spiro atoms. The van der Waals surface area contributed by atoms with Gasteiger partial charge >= 0.3 is 0 Å². The molecule has 1 rings (SSSR count). The summed E-state index contributed by atoms with van der Waals surface area (Å²) in [6.45, 7) is 0.496. The SMILES string of the molecule is COC(OC)C1(CN)CC(O)C1. The molecule has 1 aliphatic carbocycles. The van der Waals surface area contributed by atoms with E-state index < -0.39 is 0 Å². The van der Waals surface area contributed by atoms with Gasteiger partial charge in [-0.05, 0) is 12.8 Å². The first kappa shape index (κ1) is 9.92. The molecule has 72 valence electrons. The van der Waals surface area contributed by atoms with Crippen LogP contribution in [-0.4, -0.2) is 38.3 Å². The lowest BCUT2D eigenvalue weighted by molar-refractivity contribution is -0.223. The molecular weight excluding hydrogens is 158 g/mol. The van der Waals surface area contributed by atoms with Crippen molar-refractivity contribution in [2.24, 2.45) is 11.1 Å². The molecule has 0 atom stereocenters. The Morgan fingerprint density at radius 2 is 2.00 bits per heavy atom. The highest BCUT2D eigenvalue weighted by atomic mass is 16.7. The number of methoxy groups -OCH3 is 2. The smallest absolute Gasteiger partial charge is 0.163 e. The van der Waals surface area contributed by atoms with E-state index in [1.165, 1.54) is 0 Å². The molecule has 0 amide bonds. The Labute approximate surface area is 72.6 Å². The highest BCUT2D eigenvalue weighted by molar-refractivity contribution is 4.97. The Morgan fingerprint density at radius 3 is 2.25 bits per heavy atom. The molecule has 0 aromatic carbocycles. The highest BCUT2D eigenvalue weighted by Crippen LogP contribution is 2.44. The minimum atomic E-state index is -0.286. The summed E-state index contributed by atoms with van der Waals surface area (Å²) in [5.74, 6) is 0. The van der Waals surface area contributed by atoms with Gasteiger partial charge in [0.2, 0.25) is 0 Å². The summed E-state index contributed by atoms with van der Waals surface area (Å²) < 4.78 is 10.3. The van der Waals surface area contributed by atoms with Gasteiger partial charge in [-0.25, -0.2) is 0 Å². The number of nitrogens with two attached hydrogens (primary N) is 1. The Bertz CT molecular complexity index is 141. The van der Waals surface area contributed by atoms with Crippen molar-refractivity contribution >= 4 is 0 Å². The van der Waals surface area contributed by atoms with E-state index in [0.29, 0.717) is 19.4 Å². The Kier molecular flexibility index (Phi) is 3.06. The van der Waals surface area contributed by atoms with Crippen molar-refractivity contribution in [2.45, 2.75) is 25.2 Å². The largest absolute Gasteiger partial charge is 0.393 e. The van der Waals surface area contributed by atoms with Crippen molar-refractivity contribution in [2.75, 3.05) is 20.8 Å². The standard InChI is InChI=1S/C8H17NO3/c1-11-7(12-2)8(5-9)3-6(10)4-8/h6-7,10H,3-5,9H2,1-2H3. The number of ether oxygens (including phenoxy) is 2. The Balaban J connectivity index is 2.55. The van der Waals surface area contributed by atoms with Crippen LogP contribution in [0, 0.1) is 5.41 Å². The molecule has 0 saturated heterocycles. The summed E-state index contributed by atoms with van der Waals surface area (Å²) in [6.07, 6.45) is 0.832. The molecule has 0 bridgehead atoms. The van der Waals surface area contributed by atoms with Crippen LogP contribution in [0.2, 0.25) is 0 Å². The predicted molar refractivity (Wildman–Crippen MR) is 44.5 cm³/mol. The lowest BCUT2D eigenvalue weighted by atomic mass is 9.66. The summed E-state index contributed by atoms with van der Waals surface area (Å²) in [7, 11) is 3.19. The highest BCUT2D eigenvalue weighted by Gasteiger charge is 2.49. The molecule has 1 saturated carbocycles. The molecule has 1 fully saturated rings. The van der Waals surface area contributed by atoms with Gasteiger partial charge in [-0.2, -0.15) is 0 Å². The maximum Gasteiger partial charge on any atom is 0.163 e. The number of aliphatic hydroxyl groups is 1. The third-order valence-electron chi connectivity index (χ3n) is 2.62. The molecule has 12 heavy (non-hydrogen) atoms. The van der Waals surface area contributed by atoms with Gasteiger partial charge in [0, 0.05) is 26.2 Å². The van der Waals surface area contributed by atoms with Crippen molar-refractivity contribution in [3.8, 4) is 0 Å². The fourth-order valence-corrected chi connectivity index (χ4v) is 1.93. The maximum atomic E-state index is 9.19. The zero-order valence-corrected chi connectivity index (χ0v) is 7.62. The molecule has 0 heterocycles. The topological polar surface area (TPSA) is 64.7 Å². The van der Waals surface area contributed by atoms with Gasteiger partial charge in [0.1, 0.15) is 0 Å². The van der Waals surface area contributed by atoms with Crippen LogP contribution < -0.4 is 5.73 Å². The van der Waals surface area contributed by atoms with E-state index >= 15 is 0 Å². The van der Waals surface area contributed by atoms with Crippen molar-refractivity contribution < 1.29 is 14.6 Å². The molecular formula is C8H17NO3. The lowest BCUT2D eigenvalue weighted by Gasteiger charge is -2.48. The van der Waals surface area contributed by atoms with Crippen LogP contribution in [0.15, 0.2) is 0 Å². The second-order valence-electron chi connectivity index (χ2n) is 3.43. The summed E-state index contributed by atoms with van der Waals surface area (Å²) in [6, 6.07) is 0. The summed E-state index contributed by atoms with van der Waals surface area (Å²) in [4.78, 5) is 0. The van der Waals surface area contributed by atoms with Gasteiger partial charge in [0.05, 0.1) is 6.10 Å². The van der Waals surface area contributed by atoms with E-state index in [4.69, 9.17) is 15.2 Å². The fraction of sp³-hybridized carbons (Fsp3) is 1.00. The van der Waals surface area contributed by atoms with E-state index in [9.17, 15) is 5.11 Å². The summed E-state index contributed by atoms with van der Waals surface area (Å²) in [5.41, 5.74) is 5.45. The van der Waals surface area contributed by atoms with Crippen molar-refractivity contribution in [3.05, 3.63) is 0 Å². The molecule has 0 aliphatic heterocycles. The average Bonchev–Trinajstić information content (AvgIpc) is 2.02.